The van der Waals surface area contributed by atoms with E-state index in [1.807, 2.05) is 0 Å². The summed E-state index contributed by atoms with van der Waals surface area (Å²) in [6.07, 6.45) is 6.06. The molecule has 0 saturated carbocycles. The van der Waals surface area contributed by atoms with Gasteiger partial charge in [0, 0.05) is 31.4 Å². The van der Waals surface area contributed by atoms with E-state index in [1.165, 1.54) is 11.0 Å². The van der Waals surface area contributed by atoms with Crippen molar-refractivity contribution < 1.29 is 24.2 Å². The fraction of sp³-hybridized carbons (Fsp3) is 0.480. The first-order chi connectivity index (χ1) is 17.1. The topological polar surface area (TPSA) is 106 Å². The second kappa shape index (κ2) is 11.2. The number of rotatable bonds is 9. The van der Waals surface area contributed by atoms with E-state index in [1.54, 1.807) is 49.0 Å². The van der Waals surface area contributed by atoms with E-state index < -0.39 is 11.6 Å². The van der Waals surface area contributed by atoms with Gasteiger partial charge in [-0.15, -0.1) is 0 Å². The van der Waals surface area contributed by atoms with Crippen LogP contribution < -0.4 is 10.1 Å². The van der Waals surface area contributed by atoms with Crippen LogP contribution in [0.2, 0.25) is 10.0 Å². The summed E-state index contributed by atoms with van der Waals surface area (Å²) in [6.45, 7) is 4.35. The van der Waals surface area contributed by atoms with Gasteiger partial charge in [0.2, 0.25) is 5.91 Å². The molecule has 0 aliphatic carbocycles. The zero-order chi connectivity index (χ0) is 25.9. The molecule has 194 valence electrons. The number of hydrogen-bond acceptors (Lipinski definition) is 6. The predicted octanol–water partition coefficient (Wildman–Crippen LogP) is 4.03. The molecule has 2 N–H and O–H groups in total. The first-order valence-corrected chi connectivity index (χ1v) is 12.7. The molecule has 1 aromatic heterocycles. The highest BCUT2D eigenvalue weighted by molar-refractivity contribution is 6.42. The summed E-state index contributed by atoms with van der Waals surface area (Å²) >= 11 is 12.3. The fourth-order valence-corrected chi connectivity index (χ4v) is 4.61. The molecule has 1 fully saturated rings. The van der Waals surface area contributed by atoms with Gasteiger partial charge in [0.1, 0.15) is 22.6 Å². The molecule has 3 heterocycles. The number of nitrogens with one attached hydrogen (secondary N) is 1. The molecule has 2 aliphatic rings. The number of aliphatic hydroxyl groups is 1. The van der Waals surface area contributed by atoms with Crippen LogP contribution in [0.4, 0.5) is 5.82 Å². The maximum Gasteiger partial charge on any atom is 0.251 e. The third kappa shape index (κ3) is 6.79. The highest BCUT2D eigenvalue weighted by atomic mass is 35.5. The minimum Gasteiger partial charge on any atom is -0.458 e. The number of carbonyl (C=O) groups is 2. The summed E-state index contributed by atoms with van der Waals surface area (Å²) in [7, 11) is 0. The number of amides is 2. The van der Waals surface area contributed by atoms with Crippen molar-refractivity contribution >= 4 is 40.8 Å². The number of carbonyl (C=O) groups excluding carboxylic acids is 2. The summed E-state index contributed by atoms with van der Waals surface area (Å²) in [6, 6.07) is 5.85. The number of anilines is 1. The molecule has 0 radical (unpaired) electrons. The average Bonchev–Trinajstić information content (AvgIpc) is 3.40. The van der Waals surface area contributed by atoms with Crippen LogP contribution in [0.15, 0.2) is 42.3 Å². The minimum atomic E-state index is -0.954. The molecule has 0 spiro atoms. The number of benzene rings is 1. The summed E-state index contributed by atoms with van der Waals surface area (Å²) in [5, 5.41) is 17.8. The van der Waals surface area contributed by atoms with Gasteiger partial charge in [-0.3, -0.25) is 14.3 Å². The standard InChI is InChI=1S/C25H30Cl2N4O5/c1-25(2,34)15-30-10-9-21(29-30)28-24(33)19(12-16-6-3-4-11-35-16)31-14-17(13-22(31)32)36-20-8-5-7-18(26)23(20)27/h5,7-10,13,16,19,34H,3-4,6,11-12,14-15H2,1-2H3,(H,28,29,33). The monoisotopic (exact) mass is 536 g/mol. The molecular formula is C25H30Cl2N4O5. The van der Waals surface area contributed by atoms with Crippen LogP contribution in [0.5, 0.6) is 5.75 Å². The van der Waals surface area contributed by atoms with E-state index in [9.17, 15) is 14.7 Å². The van der Waals surface area contributed by atoms with Gasteiger partial charge in [0.15, 0.2) is 5.82 Å². The molecule has 2 atom stereocenters. The Labute approximate surface area is 219 Å². The number of ether oxygens (including phenoxy) is 2. The van der Waals surface area contributed by atoms with Crippen molar-refractivity contribution in [2.45, 2.75) is 63.8 Å². The molecule has 2 amide bonds. The van der Waals surface area contributed by atoms with Crippen LogP contribution >= 0.6 is 23.2 Å². The molecule has 11 heteroatoms. The lowest BCUT2D eigenvalue weighted by Crippen LogP contribution is -2.48. The maximum atomic E-state index is 13.4. The zero-order valence-corrected chi connectivity index (χ0v) is 21.8. The Bertz CT molecular complexity index is 1140. The van der Waals surface area contributed by atoms with Gasteiger partial charge in [-0.05, 0) is 45.2 Å². The second-order valence-corrected chi connectivity index (χ2v) is 10.5. The van der Waals surface area contributed by atoms with E-state index in [0.29, 0.717) is 35.4 Å². The number of nitrogens with zero attached hydrogens (tertiary/aromatic N) is 3. The normalized spacial score (nSPS) is 19.2. The summed E-state index contributed by atoms with van der Waals surface area (Å²) in [5.41, 5.74) is -0.954. The van der Waals surface area contributed by atoms with Crippen molar-refractivity contribution in [2.75, 3.05) is 18.5 Å². The van der Waals surface area contributed by atoms with Crippen molar-refractivity contribution in [3.63, 3.8) is 0 Å². The largest absolute Gasteiger partial charge is 0.458 e. The number of halogens is 2. The molecule has 2 aliphatic heterocycles. The van der Waals surface area contributed by atoms with E-state index in [4.69, 9.17) is 32.7 Å². The smallest absolute Gasteiger partial charge is 0.251 e. The van der Waals surface area contributed by atoms with Crippen LogP contribution in [-0.2, 0) is 20.9 Å². The Morgan fingerprint density at radius 3 is 2.86 bits per heavy atom. The van der Waals surface area contributed by atoms with Crippen LogP contribution in [0.3, 0.4) is 0 Å². The number of aromatic nitrogens is 2. The van der Waals surface area contributed by atoms with Gasteiger partial charge >= 0.3 is 0 Å². The molecule has 2 aromatic rings. The maximum absolute atomic E-state index is 13.4. The first kappa shape index (κ1) is 26.5. The lowest BCUT2D eigenvalue weighted by molar-refractivity contribution is -0.135. The van der Waals surface area contributed by atoms with Gasteiger partial charge in [0.05, 0.1) is 29.8 Å². The van der Waals surface area contributed by atoms with E-state index in [0.717, 1.165) is 19.3 Å². The van der Waals surface area contributed by atoms with Gasteiger partial charge in [-0.25, -0.2) is 0 Å². The molecule has 36 heavy (non-hydrogen) atoms. The van der Waals surface area contributed by atoms with E-state index in [2.05, 4.69) is 10.4 Å². The van der Waals surface area contributed by atoms with Gasteiger partial charge in [0.25, 0.3) is 5.91 Å². The van der Waals surface area contributed by atoms with Crippen LogP contribution in [0, 0.1) is 0 Å². The second-order valence-electron chi connectivity index (χ2n) is 9.67. The summed E-state index contributed by atoms with van der Waals surface area (Å²) in [5.74, 6) is 0.314. The molecule has 0 bridgehead atoms. The Kier molecular flexibility index (Phi) is 8.24. The Morgan fingerprint density at radius 1 is 1.33 bits per heavy atom. The van der Waals surface area contributed by atoms with Gasteiger partial charge in [-0.1, -0.05) is 29.3 Å². The molecule has 2 unspecified atom stereocenters. The SMILES string of the molecule is CC(C)(O)Cn1ccc(NC(=O)C(CC2CCCCO2)N2CC(Oc3cccc(Cl)c3Cl)=CC2=O)n1. The van der Waals surface area contributed by atoms with Crippen molar-refractivity contribution in [3.8, 4) is 5.75 Å². The van der Waals surface area contributed by atoms with Crippen molar-refractivity contribution in [2.24, 2.45) is 0 Å². The molecule has 1 aromatic carbocycles. The summed E-state index contributed by atoms with van der Waals surface area (Å²) < 4.78 is 13.3. The average molecular weight is 537 g/mol. The third-order valence-corrected chi connectivity index (χ3v) is 6.73. The highest BCUT2D eigenvalue weighted by Gasteiger charge is 2.37. The van der Waals surface area contributed by atoms with E-state index >= 15 is 0 Å². The molecule has 1 saturated heterocycles. The highest BCUT2D eigenvalue weighted by Crippen LogP contribution is 2.34. The van der Waals surface area contributed by atoms with Crippen LogP contribution in [-0.4, -0.2) is 62.5 Å². The van der Waals surface area contributed by atoms with Crippen molar-refractivity contribution in [1.82, 2.24) is 14.7 Å². The predicted molar refractivity (Wildman–Crippen MR) is 136 cm³/mol. The van der Waals surface area contributed by atoms with Crippen molar-refractivity contribution in [3.05, 3.63) is 52.3 Å². The molecular weight excluding hydrogens is 507 g/mol. The Morgan fingerprint density at radius 2 is 2.14 bits per heavy atom. The van der Waals surface area contributed by atoms with Gasteiger partial charge < -0.3 is 24.8 Å². The van der Waals surface area contributed by atoms with Crippen molar-refractivity contribution in [1.29, 1.82) is 0 Å². The first-order valence-electron chi connectivity index (χ1n) is 11.9. The van der Waals surface area contributed by atoms with Crippen LogP contribution in [0.1, 0.15) is 39.5 Å². The quantitative estimate of drug-likeness (QED) is 0.501. The summed E-state index contributed by atoms with van der Waals surface area (Å²) in [4.78, 5) is 27.9. The lowest BCUT2D eigenvalue weighted by Gasteiger charge is -2.31. The molecule has 9 nitrogen and oxygen atoms in total. The van der Waals surface area contributed by atoms with Crippen LogP contribution in [0.25, 0.3) is 0 Å². The zero-order valence-electron chi connectivity index (χ0n) is 20.2. The Balaban J connectivity index is 1.48. The van der Waals surface area contributed by atoms with E-state index in [-0.39, 0.29) is 36.0 Å². The third-order valence-electron chi connectivity index (χ3n) is 5.93. The number of hydrogen-bond donors (Lipinski definition) is 2. The fourth-order valence-electron chi connectivity index (χ4n) is 4.28. The lowest BCUT2D eigenvalue weighted by atomic mass is 10.00. The van der Waals surface area contributed by atoms with Gasteiger partial charge in [-0.2, -0.15) is 5.10 Å². The molecule has 4 rings (SSSR count). The Hall–Kier alpha value is -2.59. The minimum absolute atomic E-state index is 0.0968.